The molecule has 0 aliphatic carbocycles. The molecular formula is C15H22N2O2. The number of nitrogens with zero attached hydrogens (tertiary/aromatic N) is 2. The van der Waals surface area contributed by atoms with Crippen molar-refractivity contribution in [3.05, 3.63) is 0 Å². The van der Waals surface area contributed by atoms with E-state index < -0.39 is 0 Å². The van der Waals surface area contributed by atoms with Gasteiger partial charge in [-0.3, -0.25) is 9.59 Å². The highest BCUT2D eigenvalue weighted by atomic mass is 16.2. The lowest BCUT2D eigenvalue weighted by molar-refractivity contribution is -0.162. The van der Waals surface area contributed by atoms with E-state index in [4.69, 9.17) is 6.42 Å². The van der Waals surface area contributed by atoms with Crippen LogP contribution in [0, 0.1) is 12.3 Å². The molecule has 2 heterocycles. The van der Waals surface area contributed by atoms with Crippen molar-refractivity contribution in [3.63, 3.8) is 0 Å². The minimum absolute atomic E-state index is 0.112. The molecule has 0 spiro atoms. The number of hydrogen-bond donors (Lipinski definition) is 0. The second kappa shape index (κ2) is 6.10. The van der Waals surface area contributed by atoms with Crippen LogP contribution in [0.25, 0.3) is 0 Å². The molecule has 0 N–H and O–H groups in total. The quantitative estimate of drug-likeness (QED) is 0.567. The summed E-state index contributed by atoms with van der Waals surface area (Å²) in [4.78, 5) is 28.3. The minimum atomic E-state index is -0.312. The van der Waals surface area contributed by atoms with Crippen molar-refractivity contribution in [2.24, 2.45) is 0 Å². The van der Waals surface area contributed by atoms with Crippen molar-refractivity contribution in [1.82, 2.24) is 9.80 Å². The zero-order valence-electron chi connectivity index (χ0n) is 11.6. The van der Waals surface area contributed by atoms with Gasteiger partial charge in [0.1, 0.15) is 12.1 Å². The summed E-state index contributed by atoms with van der Waals surface area (Å²) < 4.78 is 0. The molecule has 104 valence electrons. The number of carbonyl (C=O) groups excluding carboxylic acids is 2. The zero-order valence-corrected chi connectivity index (χ0v) is 11.6. The SMILES string of the molecule is C#CCCCCN1C(=O)C2CCCCN2C(=O)C1C. The van der Waals surface area contributed by atoms with Crippen LogP contribution in [-0.2, 0) is 9.59 Å². The fraction of sp³-hybridized carbons (Fsp3) is 0.733. The Bertz CT molecular complexity index is 399. The van der Waals surface area contributed by atoms with Crippen LogP contribution in [0.2, 0.25) is 0 Å². The van der Waals surface area contributed by atoms with Gasteiger partial charge in [-0.15, -0.1) is 12.3 Å². The number of unbranched alkanes of at least 4 members (excludes halogenated alkanes) is 2. The molecule has 2 rings (SSSR count). The lowest BCUT2D eigenvalue weighted by Gasteiger charge is -2.46. The van der Waals surface area contributed by atoms with Gasteiger partial charge in [-0.25, -0.2) is 0 Å². The van der Waals surface area contributed by atoms with E-state index in [-0.39, 0.29) is 23.9 Å². The lowest BCUT2D eigenvalue weighted by atomic mass is 9.95. The average molecular weight is 262 g/mol. The fourth-order valence-electron chi connectivity index (χ4n) is 3.02. The molecule has 2 amide bonds. The second-order valence-electron chi connectivity index (χ2n) is 5.41. The molecule has 2 unspecified atom stereocenters. The smallest absolute Gasteiger partial charge is 0.246 e. The highest BCUT2D eigenvalue weighted by molar-refractivity contribution is 5.96. The monoisotopic (exact) mass is 262 g/mol. The third-order valence-corrected chi connectivity index (χ3v) is 4.15. The Morgan fingerprint density at radius 3 is 2.79 bits per heavy atom. The summed E-state index contributed by atoms with van der Waals surface area (Å²) >= 11 is 0. The van der Waals surface area contributed by atoms with E-state index in [1.54, 1.807) is 9.80 Å². The van der Waals surface area contributed by atoms with Gasteiger partial charge < -0.3 is 9.80 Å². The van der Waals surface area contributed by atoms with Crippen LogP contribution in [0.4, 0.5) is 0 Å². The van der Waals surface area contributed by atoms with Gasteiger partial charge in [-0.05, 0) is 39.0 Å². The van der Waals surface area contributed by atoms with E-state index in [0.717, 1.165) is 45.1 Å². The fourth-order valence-corrected chi connectivity index (χ4v) is 3.02. The number of piperidine rings is 1. The topological polar surface area (TPSA) is 40.6 Å². The Morgan fingerprint density at radius 2 is 2.05 bits per heavy atom. The van der Waals surface area contributed by atoms with Crippen molar-refractivity contribution in [2.45, 2.75) is 57.5 Å². The number of hydrogen-bond acceptors (Lipinski definition) is 2. The van der Waals surface area contributed by atoms with Gasteiger partial charge in [0.05, 0.1) is 0 Å². The van der Waals surface area contributed by atoms with Crippen molar-refractivity contribution in [3.8, 4) is 12.3 Å². The number of terminal acetylenes is 1. The molecule has 4 heteroatoms. The summed E-state index contributed by atoms with van der Waals surface area (Å²) in [5, 5.41) is 0. The summed E-state index contributed by atoms with van der Waals surface area (Å²) in [6.07, 6.45) is 10.6. The Balaban J connectivity index is 2.01. The van der Waals surface area contributed by atoms with Gasteiger partial charge in [0, 0.05) is 19.5 Å². The molecular weight excluding hydrogens is 240 g/mol. The third kappa shape index (κ3) is 2.75. The third-order valence-electron chi connectivity index (χ3n) is 4.15. The molecule has 19 heavy (non-hydrogen) atoms. The van der Waals surface area contributed by atoms with Gasteiger partial charge in [0.25, 0.3) is 0 Å². The Hall–Kier alpha value is -1.50. The normalized spacial score (nSPS) is 27.2. The second-order valence-corrected chi connectivity index (χ2v) is 5.41. The molecule has 2 fully saturated rings. The van der Waals surface area contributed by atoms with Gasteiger partial charge in [0.15, 0.2) is 0 Å². The standard InChI is InChI=1S/C15H22N2O2/c1-3-4-5-7-10-16-12(2)14(18)17-11-8-6-9-13(17)15(16)19/h1,12-13H,4-11H2,2H3. The molecule has 0 bridgehead atoms. The predicted molar refractivity (Wildman–Crippen MR) is 73.2 cm³/mol. The first-order valence-electron chi connectivity index (χ1n) is 7.21. The van der Waals surface area contributed by atoms with E-state index in [9.17, 15) is 9.59 Å². The summed E-state index contributed by atoms with van der Waals surface area (Å²) in [6, 6.07) is -0.516. The van der Waals surface area contributed by atoms with Crippen LogP contribution >= 0.6 is 0 Å². The largest absolute Gasteiger partial charge is 0.329 e. The molecule has 0 radical (unpaired) electrons. The lowest BCUT2D eigenvalue weighted by Crippen LogP contribution is -2.65. The Kier molecular flexibility index (Phi) is 4.47. The molecule has 0 saturated carbocycles. The van der Waals surface area contributed by atoms with Gasteiger partial charge in [-0.2, -0.15) is 0 Å². The number of piperazine rings is 1. The summed E-state index contributed by atoms with van der Waals surface area (Å²) in [5.74, 6) is 2.85. The molecule has 2 aliphatic heterocycles. The molecule has 2 saturated heterocycles. The van der Waals surface area contributed by atoms with Crippen LogP contribution in [0.1, 0.15) is 45.4 Å². The number of amides is 2. The summed E-state index contributed by atoms with van der Waals surface area (Å²) in [5.41, 5.74) is 0. The number of rotatable bonds is 4. The molecule has 0 aromatic heterocycles. The van der Waals surface area contributed by atoms with E-state index >= 15 is 0 Å². The van der Waals surface area contributed by atoms with Crippen molar-refractivity contribution >= 4 is 11.8 Å². The Morgan fingerprint density at radius 1 is 1.26 bits per heavy atom. The molecule has 4 nitrogen and oxygen atoms in total. The van der Waals surface area contributed by atoms with Crippen molar-refractivity contribution < 1.29 is 9.59 Å². The molecule has 2 atom stereocenters. The molecule has 0 aromatic rings. The molecule has 2 aliphatic rings. The summed E-state index contributed by atoms with van der Waals surface area (Å²) in [6.45, 7) is 3.23. The maximum absolute atomic E-state index is 12.5. The van der Waals surface area contributed by atoms with Crippen LogP contribution in [0.15, 0.2) is 0 Å². The summed E-state index contributed by atoms with van der Waals surface area (Å²) in [7, 11) is 0. The minimum Gasteiger partial charge on any atom is -0.329 e. The highest BCUT2D eigenvalue weighted by Crippen LogP contribution is 2.26. The highest BCUT2D eigenvalue weighted by Gasteiger charge is 2.44. The van der Waals surface area contributed by atoms with E-state index in [2.05, 4.69) is 5.92 Å². The predicted octanol–water partition coefficient (Wildman–Crippen LogP) is 1.40. The average Bonchev–Trinajstić information content (AvgIpc) is 2.44. The Labute approximate surface area is 115 Å². The first kappa shape index (κ1) is 13.9. The zero-order chi connectivity index (χ0) is 13.8. The van der Waals surface area contributed by atoms with Crippen LogP contribution in [0.3, 0.4) is 0 Å². The number of carbonyl (C=O) groups is 2. The van der Waals surface area contributed by atoms with Crippen LogP contribution in [-0.4, -0.2) is 46.8 Å². The first-order chi connectivity index (χ1) is 9.16. The van der Waals surface area contributed by atoms with Crippen LogP contribution in [0.5, 0.6) is 0 Å². The van der Waals surface area contributed by atoms with Crippen molar-refractivity contribution in [2.75, 3.05) is 13.1 Å². The first-order valence-corrected chi connectivity index (χ1v) is 7.21. The maximum Gasteiger partial charge on any atom is 0.246 e. The van der Waals surface area contributed by atoms with E-state index in [1.807, 2.05) is 6.92 Å². The van der Waals surface area contributed by atoms with Crippen LogP contribution < -0.4 is 0 Å². The van der Waals surface area contributed by atoms with E-state index in [1.165, 1.54) is 0 Å². The maximum atomic E-state index is 12.5. The van der Waals surface area contributed by atoms with E-state index in [0.29, 0.717) is 6.54 Å². The van der Waals surface area contributed by atoms with Gasteiger partial charge in [0.2, 0.25) is 11.8 Å². The van der Waals surface area contributed by atoms with Gasteiger partial charge >= 0.3 is 0 Å². The molecule has 0 aromatic carbocycles. The number of fused-ring (bicyclic) bond motifs is 1. The van der Waals surface area contributed by atoms with Gasteiger partial charge in [-0.1, -0.05) is 0 Å². The van der Waals surface area contributed by atoms with Crippen molar-refractivity contribution in [1.29, 1.82) is 0 Å².